The first kappa shape index (κ1) is 18.2. The molecule has 0 bridgehead atoms. The van der Waals surface area contributed by atoms with Gasteiger partial charge in [-0.2, -0.15) is 0 Å². The maximum absolute atomic E-state index is 5.90. The number of rotatable bonds is 4. The fraction of sp³-hybridized carbons (Fsp3) is 0.143. The van der Waals surface area contributed by atoms with Gasteiger partial charge < -0.3 is 14.0 Å². The highest BCUT2D eigenvalue weighted by Gasteiger charge is 2.24. The second kappa shape index (κ2) is 7.29. The molecule has 0 aliphatic carbocycles. The second-order valence-corrected chi connectivity index (χ2v) is 8.10. The lowest BCUT2D eigenvalue weighted by Gasteiger charge is -2.15. The largest absolute Gasteiger partial charge is 0.497 e. The molecule has 152 valence electrons. The van der Waals surface area contributed by atoms with Gasteiger partial charge >= 0.3 is 0 Å². The zero-order chi connectivity index (χ0) is 20.8. The van der Waals surface area contributed by atoms with E-state index in [-0.39, 0.29) is 0 Å². The molecule has 2 heterocycles. The van der Waals surface area contributed by atoms with Crippen molar-refractivity contribution in [1.29, 1.82) is 0 Å². The van der Waals surface area contributed by atoms with Crippen LogP contribution in [0.2, 0.25) is 0 Å². The third-order valence-electron chi connectivity index (χ3n) is 6.32. The van der Waals surface area contributed by atoms with E-state index in [4.69, 9.17) is 9.47 Å². The second-order valence-electron chi connectivity index (χ2n) is 8.10. The Kier molecular flexibility index (Phi) is 4.29. The van der Waals surface area contributed by atoms with Gasteiger partial charge in [0.25, 0.3) is 0 Å². The summed E-state index contributed by atoms with van der Waals surface area (Å²) < 4.78 is 13.8. The van der Waals surface area contributed by atoms with Crippen molar-refractivity contribution in [1.82, 2.24) is 4.57 Å². The first-order valence-corrected chi connectivity index (χ1v) is 10.7. The first-order chi connectivity index (χ1) is 15.3. The van der Waals surface area contributed by atoms with Crippen molar-refractivity contribution < 1.29 is 9.47 Å². The minimum Gasteiger partial charge on any atom is -0.497 e. The van der Waals surface area contributed by atoms with Crippen molar-refractivity contribution in [2.75, 3.05) is 7.11 Å². The highest BCUT2D eigenvalue weighted by atomic mass is 16.5. The Bertz CT molecular complexity index is 1400. The molecule has 0 fully saturated rings. The van der Waals surface area contributed by atoms with Crippen molar-refractivity contribution in [3.8, 4) is 16.9 Å². The van der Waals surface area contributed by atoms with Crippen LogP contribution in [0.3, 0.4) is 0 Å². The Morgan fingerprint density at radius 3 is 2.42 bits per heavy atom. The lowest BCUT2D eigenvalue weighted by molar-refractivity contribution is 0.134. The van der Waals surface area contributed by atoms with Crippen LogP contribution in [0.15, 0.2) is 84.9 Å². The minimum absolute atomic E-state index is 0.652. The first-order valence-electron chi connectivity index (χ1n) is 10.7. The van der Waals surface area contributed by atoms with E-state index in [1.165, 1.54) is 49.6 Å². The summed E-state index contributed by atoms with van der Waals surface area (Å²) in [5.41, 5.74) is 8.91. The topological polar surface area (TPSA) is 23.4 Å². The van der Waals surface area contributed by atoms with Gasteiger partial charge in [0.2, 0.25) is 0 Å². The Labute approximate surface area is 181 Å². The van der Waals surface area contributed by atoms with E-state index < -0.39 is 0 Å². The maximum atomic E-state index is 5.90. The average Bonchev–Trinajstić information content (AvgIpc) is 3.42. The molecule has 4 aromatic carbocycles. The molecule has 3 heteroatoms. The van der Waals surface area contributed by atoms with Gasteiger partial charge in [-0.3, -0.25) is 0 Å². The Morgan fingerprint density at radius 1 is 0.839 bits per heavy atom. The number of methoxy groups -OCH3 is 1. The molecule has 1 aliphatic rings. The van der Waals surface area contributed by atoms with Crippen LogP contribution in [0, 0.1) is 0 Å². The predicted molar refractivity (Wildman–Crippen MR) is 125 cm³/mol. The van der Waals surface area contributed by atoms with E-state index in [0.717, 1.165) is 12.3 Å². The smallest absolute Gasteiger partial charge is 0.118 e. The molecule has 3 nitrogen and oxygen atoms in total. The van der Waals surface area contributed by atoms with Crippen LogP contribution in [0.5, 0.6) is 5.75 Å². The number of para-hydroxylation sites is 1. The van der Waals surface area contributed by atoms with E-state index in [1.54, 1.807) is 7.11 Å². The highest BCUT2D eigenvalue weighted by Crippen LogP contribution is 2.42. The molecule has 0 amide bonds. The van der Waals surface area contributed by atoms with Crippen molar-refractivity contribution in [2.24, 2.45) is 0 Å². The molecular weight excluding hydrogens is 382 g/mol. The van der Waals surface area contributed by atoms with E-state index in [2.05, 4.69) is 77.4 Å². The van der Waals surface area contributed by atoms with Gasteiger partial charge in [0, 0.05) is 28.4 Å². The molecule has 5 aromatic rings. The molecule has 6 rings (SSSR count). The van der Waals surface area contributed by atoms with Crippen LogP contribution in [-0.2, 0) is 24.5 Å². The number of hydrogen-bond donors (Lipinski definition) is 0. The number of nitrogens with zero attached hydrogens (tertiary/aromatic N) is 1. The summed E-state index contributed by atoms with van der Waals surface area (Å²) in [6, 6.07) is 30.2. The third-order valence-corrected chi connectivity index (χ3v) is 6.32. The summed E-state index contributed by atoms with van der Waals surface area (Å²) in [7, 11) is 1.71. The van der Waals surface area contributed by atoms with Gasteiger partial charge in [0.05, 0.1) is 25.8 Å². The fourth-order valence-electron chi connectivity index (χ4n) is 4.87. The zero-order valence-corrected chi connectivity index (χ0v) is 17.5. The Balaban J connectivity index is 1.71. The van der Waals surface area contributed by atoms with E-state index >= 15 is 0 Å². The van der Waals surface area contributed by atoms with Crippen molar-refractivity contribution >= 4 is 21.8 Å². The van der Waals surface area contributed by atoms with Crippen molar-refractivity contribution in [3.05, 3.63) is 102 Å². The van der Waals surface area contributed by atoms with Crippen molar-refractivity contribution in [3.63, 3.8) is 0 Å². The molecule has 0 saturated heterocycles. The quantitative estimate of drug-likeness (QED) is 0.338. The standard InChI is InChI=1S/C28H23NO2/c1-30-22-13-11-20(12-14-22)27-25-18-31-17-21(25)15-24-23-9-5-6-10-26(23)29(28(24)27)16-19-7-3-2-4-8-19/h2-15H,16-18H2,1H3. The summed E-state index contributed by atoms with van der Waals surface area (Å²) in [5.74, 6) is 0.869. The maximum Gasteiger partial charge on any atom is 0.118 e. The molecule has 0 spiro atoms. The molecular formula is C28H23NO2. The molecule has 0 atom stereocenters. The lowest BCUT2D eigenvalue weighted by atomic mass is 9.93. The Hall–Kier alpha value is -3.56. The van der Waals surface area contributed by atoms with Gasteiger partial charge in [-0.15, -0.1) is 0 Å². The SMILES string of the molecule is COc1ccc(-c2c3c(cc4c5ccccc5n(Cc5ccccc5)c24)COC3)cc1. The lowest BCUT2D eigenvalue weighted by Crippen LogP contribution is -2.02. The minimum atomic E-state index is 0.652. The van der Waals surface area contributed by atoms with E-state index in [9.17, 15) is 0 Å². The fourth-order valence-corrected chi connectivity index (χ4v) is 4.87. The van der Waals surface area contributed by atoms with Crippen LogP contribution in [0.25, 0.3) is 32.9 Å². The van der Waals surface area contributed by atoms with Crippen molar-refractivity contribution in [2.45, 2.75) is 19.8 Å². The van der Waals surface area contributed by atoms with Gasteiger partial charge in [-0.05, 0) is 46.5 Å². The molecule has 1 aliphatic heterocycles. The summed E-state index contributed by atoms with van der Waals surface area (Å²) >= 11 is 0. The third kappa shape index (κ3) is 2.93. The van der Waals surface area contributed by atoms with Gasteiger partial charge in [0.15, 0.2) is 0 Å². The molecule has 0 unspecified atom stereocenters. The number of ether oxygens (including phenoxy) is 2. The molecule has 0 radical (unpaired) electrons. The summed E-state index contributed by atoms with van der Waals surface area (Å²) in [4.78, 5) is 0. The normalized spacial score (nSPS) is 13.1. The summed E-state index contributed by atoms with van der Waals surface area (Å²) in [5, 5.41) is 2.58. The van der Waals surface area contributed by atoms with E-state index in [0.29, 0.717) is 13.2 Å². The molecule has 0 saturated carbocycles. The zero-order valence-electron chi connectivity index (χ0n) is 17.5. The number of hydrogen-bond acceptors (Lipinski definition) is 2. The van der Waals surface area contributed by atoms with Crippen LogP contribution >= 0.6 is 0 Å². The molecule has 31 heavy (non-hydrogen) atoms. The predicted octanol–water partition coefficient (Wildman–Crippen LogP) is 6.55. The summed E-state index contributed by atoms with van der Waals surface area (Å²) in [6.45, 7) is 2.15. The monoisotopic (exact) mass is 405 g/mol. The van der Waals surface area contributed by atoms with Gasteiger partial charge in [-0.1, -0.05) is 60.7 Å². The molecule has 0 N–H and O–H groups in total. The van der Waals surface area contributed by atoms with Crippen LogP contribution in [0.1, 0.15) is 16.7 Å². The number of benzene rings is 4. The van der Waals surface area contributed by atoms with Crippen LogP contribution < -0.4 is 4.74 Å². The average molecular weight is 405 g/mol. The highest BCUT2D eigenvalue weighted by molar-refractivity contribution is 6.13. The van der Waals surface area contributed by atoms with E-state index in [1.807, 2.05) is 12.1 Å². The van der Waals surface area contributed by atoms with Gasteiger partial charge in [0.1, 0.15) is 5.75 Å². The van der Waals surface area contributed by atoms with Crippen LogP contribution in [0.4, 0.5) is 0 Å². The molecule has 1 aromatic heterocycles. The number of fused-ring (bicyclic) bond motifs is 4. The summed E-state index contributed by atoms with van der Waals surface area (Å²) in [6.07, 6.45) is 0. The Morgan fingerprint density at radius 2 is 1.61 bits per heavy atom. The number of aromatic nitrogens is 1. The van der Waals surface area contributed by atoms with Gasteiger partial charge in [-0.25, -0.2) is 0 Å². The van der Waals surface area contributed by atoms with Crippen LogP contribution in [-0.4, -0.2) is 11.7 Å².